The second-order valence-electron chi connectivity index (χ2n) is 8.15. The van der Waals surface area contributed by atoms with Gasteiger partial charge >= 0.3 is 0 Å². The molecule has 2 aliphatic carbocycles. The molecule has 0 saturated heterocycles. The van der Waals surface area contributed by atoms with E-state index in [4.69, 9.17) is 4.74 Å². The van der Waals surface area contributed by atoms with E-state index in [1.165, 1.54) is 83.5 Å². The largest absolute Gasteiger partial charge is 0.381 e. The summed E-state index contributed by atoms with van der Waals surface area (Å²) in [5.74, 6) is 4.05. The molecule has 22 heavy (non-hydrogen) atoms. The van der Waals surface area contributed by atoms with Gasteiger partial charge in [-0.05, 0) is 43.4 Å². The maximum atomic E-state index is 5.60. The van der Waals surface area contributed by atoms with Crippen molar-refractivity contribution in [2.45, 2.75) is 97.3 Å². The minimum Gasteiger partial charge on any atom is -0.381 e. The normalized spacial score (nSPS) is 33.0. The van der Waals surface area contributed by atoms with E-state index in [0.29, 0.717) is 0 Å². The molecule has 2 rings (SSSR count). The highest BCUT2D eigenvalue weighted by atomic mass is 16.5. The molecule has 0 N–H and O–H groups in total. The van der Waals surface area contributed by atoms with Crippen LogP contribution in [0.2, 0.25) is 0 Å². The molecule has 0 aromatic carbocycles. The van der Waals surface area contributed by atoms with Crippen molar-refractivity contribution >= 4 is 0 Å². The Hall–Kier alpha value is -0.0400. The smallest absolute Gasteiger partial charge is 0.0494 e. The van der Waals surface area contributed by atoms with Crippen LogP contribution in [0.5, 0.6) is 0 Å². The van der Waals surface area contributed by atoms with Crippen molar-refractivity contribution in [2.24, 2.45) is 23.7 Å². The zero-order chi connectivity index (χ0) is 15.6. The summed E-state index contributed by atoms with van der Waals surface area (Å²) >= 11 is 0. The van der Waals surface area contributed by atoms with Crippen LogP contribution in [0.25, 0.3) is 0 Å². The number of rotatable bonds is 9. The average molecular weight is 309 g/mol. The standard InChI is InChI=1S/C21H40O/c1-3-5-6-18-7-9-19(10-8-18)11-12-20-13-15-21(16-14-20)17-22-4-2/h18-21H,3-17H2,1-2H3. The second-order valence-corrected chi connectivity index (χ2v) is 8.15. The summed E-state index contributed by atoms with van der Waals surface area (Å²) in [6.07, 6.45) is 19.3. The van der Waals surface area contributed by atoms with E-state index in [1.54, 1.807) is 0 Å². The Morgan fingerprint density at radius 2 is 1.09 bits per heavy atom. The van der Waals surface area contributed by atoms with Gasteiger partial charge in [-0.2, -0.15) is 0 Å². The highest BCUT2D eigenvalue weighted by Crippen LogP contribution is 2.37. The van der Waals surface area contributed by atoms with Crippen LogP contribution in [-0.4, -0.2) is 13.2 Å². The van der Waals surface area contributed by atoms with Crippen LogP contribution in [0.3, 0.4) is 0 Å². The highest BCUT2D eigenvalue weighted by molar-refractivity contribution is 4.76. The Kier molecular flexibility index (Phi) is 8.89. The quantitative estimate of drug-likeness (QED) is 0.466. The summed E-state index contributed by atoms with van der Waals surface area (Å²) in [4.78, 5) is 0. The van der Waals surface area contributed by atoms with Crippen molar-refractivity contribution in [1.82, 2.24) is 0 Å². The molecule has 0 bridgehead atoms. The molecule has 130 valence electrons. The summed E-state index contributed by atoms with van der Waals surface area (Å²) in [7, 11) is 0. The first-order valence-electron chi connectivity index (χ1n) is 10.4. The molecule has 2 fully saturated rings. The van der Waals surface area contributed by atoms with Crippen LogP contribution >= 0.6 is 0 Å². The summed E-state index contributed by atoms with van der Waals surface area (Å²) in [6, 6.07) is 0. The van der Waals surface area contributed by atoms with Gasteiger partial charge in [-0.1, -0.05) is 77.6 Å². The van der Waals surface area contributed by atoms with Gasteiger partial charge in [-0.25, -0.2) is 0 Å². The lowest BCUT2D eigenvalue weighted by atomic mass is 9.75. The molecule has 0 unspecified atom stereocenters. The topological polar surface area (TPSA) is 9.23 Å². The van der Waals surface area contributed by atoms with E-state index in [0.717, 1.165) is 36.9 Å². The van der Waals surface area contributed by atoms with Crippen molar-refractivity contribution in [3.8, 4) is 0 Å². The Labute approximate surface area is 139 Å². The SMILES string of the molecule is CCCCC1CCC(CCC2CCC(COCC)CC2)CC1. The minimum absolute atomic E-state index is 0.866. The van der Waals surface area contributed by atoms with Crippen LogP contribution in [0, 0.1) is 23.7 Å². The molecule has 2 aliphatic rings. The van der Waals surface area contributed by atoms with Crippen molar-refractivity contribution < 1.29 is 4.74 Å². The van der Waals surface area contributed by atoms with E-state index in [1.807, 2.05) is 0 Å². The Balaban J connectivity index is 1.52. The van der Waals surface area contributed by atoms with Gasteiger partial charge in [0.15, 0.2) is 0 Å². The molecule has 1 nitrogen and oxygen atoms in total. The third-order valence-electron chi connectivity index (χ3n) is 6.44. The third kappa shape index (κ3) is 6.60. The first-order valence-corrected chi connectivity index (χ1v) is 10.4. The van der Waals surface area contributed by atoms with Crippen LogP contribution in [0.15, 0.2) is 0 Å². The Bertz CT molecular complexity index is 231. The molecule has 0 aromatic heterocycles. The molecule has 0 aromatic rings. The Morgan fingerprint density at radius 3 is 1.55 bits per heavy atom. The second kappa shape index (κ2) is 10.7. The van der Waals surface area contributed by atoms with Gasteiger partial charge in [-0.15, -0.1) is 0 Å². The zero-order valence-electron chi connectivity index (χ0n) is 15.3. The monoisotopic (exact) mass is 308 g/mol. The first-order chi connectivity index (χ1) is 10.8. The average Bonchev–Trinajstić information content (AvgIpc) is 2.58. The zero-order valence-corrected chi connectivity index (χ0v) is 15.3. The fraction of sp³-hybridized carbons (Fsp3) is 1.00. The van der Waals surface area contributed by atoms with E-state index < -0.39 is 0 Å². The number of hydrogen-bond acceptors (Lipinski definition) is 1. The van der Waals surface area contributed by atoms with Crippen LogP contribution in [0.1, 0.15) is 97.3 Å². The lowest BCUT2D eigenvalue weighted by Gasteiger charge is -2.32. The van der Waals surface area contributed by atoms with Crippen molar-refractivity contribution in [3.05, 3.63) is 0 Å². The number of hydrogen-bond donors (Lipinski definition) is 0. The fourth-order valence-electron chi connectivity index (χ4n) is 4.74. The van der Waals surface area contributed by atoms with Gasteiger partial charge in [0.2, 0.25) is 0 Å². The van der Waals surface area contributed by atoms with Crippen LogP contribution < -0.4 is 0 Å². The number of unbranched alkanes of at least 4 members (excludes halogenated alkanes) is 1. The predicted octanol–water partition coefficient (Wildman–Crippen LogP) is 6.61. The van der Waals surface area contributed by atoms with Gasteiger partial charge in [-0.3, -0.25) is 0 Å². The lowest BCUT2D eigenvalue weighted by Crippen LogP contribution is -2.20. The molecule has 0 aliphatic heterocycles. The summed E-state index contributed by atoms with van der Waals surface area (Å²) < 4.78 is 5.60. The summed E-state index contributed by atoms with van der Waals surface area (Å²) in [5.41, 5.74) is 0. The molecule has 0 radical (unpaired) electrons. The maximum absolute atomic E-state index is 5.60. The predicted molar refractivity (Wildman–Crippen MR) is 96.1 cm³/mol. The minimum atomic E-state index is 0.866. The van der Waals surface area contributed by atoms with Gasteiger partial charge in [0.1, 0.15) is 0 Å². The molecular weight excluding hydrogens is 268 g/mol. The molecule has 0 spiro atoms. The maximum Gasteiger partial charge on any atom is 0.0494 e. The molecule has 1 heteroatoms. The van der Waals surface area contributed by atoms with E-state index in [-0.39, 0.29) is 0 Å². The Morgan fingerprint density at radius 1 is 0.636 bits per heavy atom. The van der Waals surface area contributed by atoms with Crippen molar-refractivity contribution in [1.29, 1.82) is 0 Å². The van der Waals surface area contributed by atoms with Gasteiger partial charge < -0.3 is 4.74 Å². The molecular formula is C21H40O. The third-order valence-corrected chi connectivity index (χ3v) is 6.44. The van der Waals surface area contributed by atoms with Crippen LogP contribution in [-0.2, 0) is 4.74 Å². The molecule has 0 heterocycles. The van der Waals surface area contributed by atoms with Crippen molar-refractivity contribution in [2.75, 3.05) is 13.2 Å². The molecule has 0 amide bonds. The van der Waals surface area contributed by atoms with Gasteiger partial charge in [0, 0.05) is 13.2 Å². The van der Waals surface area contributed by atoms with Crippen LogP contribution in [0.4, 0.5) is 0 Å². The van der Waals surface area contributed by atoms with E-state index >= 15 is 0 Å². The van der Waals surface area contributed by atoms with E-state index in [2.05, 4.69) is 13.8 Å². The van der Waals surface area contributed by atoms with Gasteiger partial charge in [0.05, 0.1) is 0 Å². The molecule has 2 saturated carbocycles. The lowest BCUT2D eigenvalue weighted by molar-refractivity contribution is 0.0842. The molecule has 0 atom stereocenters. The highest BCUT2D eigenvalue weighted by Gasteiger charge is 2.24. The first kappa shape index (κ1) is 18.3. The summed E-state index contributed by atoms with van der Waals surface area (Å²) in [5, 5.41) is 0. The van der Waals surface area contributed by atoms with Gasteiger partial charge in [0.25, 0.3) is 0 Å². The van der Waals surface area contributed by atoms with Crippen molar-refractivity contribution in [3.63, 3.8) is 0 Å². The van der Waals surface area contributed by atoms with E-state index in [9.17, 15) is 0 Å². The summed E-state index contributed by atoms with van der Waals surface area (Å²) in [6.45, 7) is 6.35. The fourth-order valence-corrected chi connectivity index (χ4v) is 4.74. The number of ether oxygens (including phenoxy) is 1.